The zero-order valence-electron chi connectivity index (χ0n) is 28.7. The van der Waals surface area contributed by atoms with Gasteiger partial charge in [-0.3, -0.25) is 9.69 Å². The zero-order chi connectivity index (χ0) is 40.1. The molecule has 0 unspecified atom stereocenters. The number of nitrogens with zero attached hydrogens (tertiary/aromatic N) is 8. The summed E-state index contributed by atoms with van der Waals surface area (Å²) in [6.07, 6.45) is -8.04. The molecule has 2 aliphatic rings. The van der Waals surface area contributed by atoms with Gasteiger partial charge in [-0.05, 0) is 42.5 Å². The number of nitrogens with two attached hydrogens (primary N) is 1. The standard InChI is InChI=1S/C33H31ClF8N10O3/c1-30(2,33(40,41)42)14-31(19-6-3-17(4-7-19)23-12-46-52(49-23)20-8-9-20)26(53)50(28(43)48-31)24(13-55-29(54)44-15-32(37,38)39)18-5-10-22(34)21(11-18)25-45-16-47-51(25)27(35)36/h3-7,10-12,16,20,24,27H,8-9,13-15H2,1-2H3,(H2,43,48)(H,44,54)/t24-,31-/m1/s1. The number of ether oxygens (including phenoxy) is 1. The molecule has 1 aliphatic heterocycles. The number of rotatable bonds is 12. The van der Waals surface area contributed by atoms with Crippen LogP contribution in [0.2, 0.25) is 5.02 Å². The Labute approximate surface area is 311 Å². The van der Waals surface area contributed by atoms with Gasteiger partial charge in [0, 0.05) is 11.1 Å². The van der Waals surface area contributed by atoms with E-state index < -0.39 is 79.3 Å². The lowest BCUT2D eigenvalue weighted by molar-refractivity contribution is -0.218. The lowest BCUT2D eigenvalue weighted by Gasteiger charge is -2.37. The van der Waals surface area contributed by atoms with Crippen molar-refractivity contribution in [1.29, 1.82) is 0 Å². The van der Waals surface area contributed by atoms with Crippen LogP contribution in [0.5, 0.6) is 0 Å². The van der Waals surface area contributed by atoms with Crippen LogP contribution in [0.1, 0.15) is 62.9 Å². The number of carbonyl (C=O) groups is 2. The third-order valence-corrected chi connectivity index (χ3v) is 9.45. The van der Waals surface area contributed by atoms with Crippen molar-refractivity contribution in [2.24, 2.45) is 16.1 Å². The molecule has 3 N–H and O–H groups in total. The molecule has 3 heterocycles. The van der Waals surface area contributed by atoms with Gasteiger partial charge in [0.25, 0.3) is 5.91 Å². The summed E-state index contributed by atoms with van der Waals surface area (Å²) in [5, 5.41) is 13.6. The average molecular weight is 803 g/mol. The first-order valence-corrected chi connectivity index (χ1v) is 16.8. The van der Waals surface area contributed by atoms with Crippen molar-refractivity contribution < 1.29 is 49.4 Å². The first-order valence-electron chi connectivity index (χ1n) is 16.4. The number of aromatic nitrogens is 6. The van der Waals surface area contributed by atoms with Crippen molar-refractivity contribution in [2.45, 2.75) is 69.6 Å². The van der Waals surface area contributed by atoms with Gasteiger partial charge in [0.1, 0.15) is 25.2 Å². The van der Waals surface area contributed by atoms with Gasteiger partial charge in [-0.1, -0.05) is 55.8 Å². The number of benzene rings is 2. The minimum absolute atomic E-state index is 0.0111. The number of amides is 2. The van der Waals surface area contributed by atoms with Crippen molar-refractivity contribution in [2.75, 3.05) is 13.2 Å². The summed E-state index contributed by atoms with van der Waals surface area (Å²) < 4.78 is 115. The van der Waals surface area contributed by atoms with E-state index >= 15 is 0 Å². The molecule has 2 atom stereocenters. The monoisotopic (exact) mass is 802 g/mol. The number of alkyl carbamates (subject to hydrolysis) is 1. The fourth-order valence-electron chi connectivity index (χ4n) is 6.06. The Morgan fingerprint density at radius 1 is 1.07 bits per heavy atom. The second-order valence-corrected chi connectivity index (χ2v) is 14.0. The van der Waals surface area contributed by atoms with Crippen LogP contribution >= 0.6 is 11.6 Å². The summed E-state index contributed by atoms with van der Waals surface area (Å²) in [6.45, 7) is -4.15. The summed E-state index contributed by atoms with van der Waals surface area (Å²) in [5.74, 6) is -2.19. The molecule has 6 rings (SSSR count). The van der Waals surface area contributed by atoms with E-state index in [1.54, 1.807) is 4.80 Å². The third kappa shape index (κ3) is 8.06. The summed E-state index contributed by atoms with van der Waals surface area (Å²) >= 11 is 6.34. The first kappa shape index (κ1) is 39.4. The Hall–Kier alpha value is -5.34. The van der Waals surface area contributed by atoms with Crippen molar-refractivity contribution in [3.05, 3.63) is 71.1 Å². The van der Waals surface area contributed by atoms with Crippen LogP contribution in [0.15, 0.2) is 60.0 Å². The number of carbonyl (C=O) groups excluding carboxylic acids is 2. The van der Waals surface area contributed by atoms with Gasteiger partial charge in [0.15, 0.2) is 17.3 Å². The molecule has 2 aromatic heterocycles. The molecule has 294 valence electrons. The van der Waals surface area contributed by atoms with Crippen molar-refractivity contribution in [3.8, 4) is 22.6 Å². The van der Waals surface area contributed by atoms with E-state index in [0.29, 0.717) is 11.3 Å². The molecular weight excluding hydrogens is 772 g/mol. The summed E-state index contributed by atoms with van der Waals surface area (Å²) in [7, 11) is 0. The fourth-order valence-corrected chi connectivity index (χ4v) is 6.26. The molecule has 22 heteroatoms. The van der Waals surface area contributed by atoms with Gasteiger partial charge in [-0.25, -0.2) is 14.8 Å². The highest BCUT2D eigenvalue weighted by atomic mass is 35.5. The lowest BCUT2D eigenvalue weighted by Crippen LogP contribution is -2.49. The molecule has 13 nitrogen and oxygen atoms in total. The number of guanidine groups is 1. The van der Waals surface area contributed by atoms with Crippen molar-refractivity contribution in [3.63, 3.8) is 0 Å². The molecule has 0 spiro atoms. The number of hydrogen-bond acceptors (Lipinski definition) is 9. The number of nitrogens with one attached hydrogen (secondary N) is 1. The highest BCUT2D eigenvalue weighted by Gasteiger charge is 2.59. The van der Waals surface area contributed by atoms with Gasteiger partial charge in [0.05, 0.1) is 28.7 Å². The average Bonchev–Trinajstić information content (AvgIpc) is 3.51. The molecule has 0 radical (unpaired) electrons. The van der Waals surface area contributed by atoms with Gasteiger partial charge in [-0.2, -0.15) is 59.9 Å². The number of halogens is 9. The van der Waals surface area contributed by atoms with Crippen LogP contribution in [-0.2, 0) is 15.1 Å². The van der Waals surface area contributed by atoms with E-state index in [9.17, 15) is 44.7 Å². The highest BCUT2D eigenvalue weighted by molar-refractivity contribution is 6.33. The number of hydrogen-bond donors (Lipinski definition) is 2. The Bertz CT molecular complexity index is 2100. The molecule has 2 aromatic carbocycles. The maximum Gasteiger partial charge on any atom is 0.407 e. The molecular formula is C33H31ClF8N10O3. The Morgan fingerprint density at radius 2 is 1.76 bits per heavy atom. The molecule has 55 heavy (non-hydrogen) atoms. The van der Waals surface area contributed by atoms with Gasteiger partial charge in [-0.15, -0.1) is 0 Å². The van der Waals surface area contributed by atoms with E-state index in [1.165, 1.54) is 47.9 Å². The predicted octanol–water partition coefficient (Wildman–Crippen LogP) is 6.95. The van der Waals surface area contributed by atoms with E-state index in [2.05, 4.69) is 25.3 Å². The molecule has 1 aliphatic carbocycles. The molecule has 1 fully saturated rings. The van der Waals surface area contributed by atoms with E-state index in [4.69, 9.17) is 22.1 Å². The van der Waals surface area contributed by atoms with Crippen molar-refractivity contribution >= 4 is 29.6 Å². The zero-order valence-corrected chi connectivity index (χ0v) is 29.5. The van der Waals surface area contributed by atoms with Crippen LogP contribution < -0.4 is 11.1 Å². The molecule has 0 bridgehead atoms. The number of alkyl halides is 8. The molecule has 1 saturated carbocycles. The minimum Gasteiger partial charge on any atom is -0.447 e. The fraction of sp³-hybridized carbons (Fsp3) is 0.424. The summed E-state index contributed by atoms with van der Waals surface area (Å²) in [4.78, 5) is 37.7. The molecule has 2 amide bonds. The van der Waals surface area contributed by atoms with Crippen LogP contribution in [-0.4, -0.2) is 78.1 Å². The van der Waals surface area contributed by atoms with Crippen LogP contribution in [0.25, 0.3) is 22.6 Å². The normalized spacial score (nSPS) is 18.5. The van der Waals surface area contributed by atoms with E-state index in [0.717, 1.165) is 44.0 Å². The Morgan fingerprint density at radius 3 is 2.38 bits per heavy atom. The summed E-state index contributed by atoms with van der Waals surface area (Å²) in [5.41, 5.74) is 2.20. The molecule has 0 saturated heterocycles. The lowest BCUT2D eigenvalue weighted by atomic mass is 9.74. The maximum absolute atomic E-state index is 14.8. The van der Waals surface area contributed by atoms with E-state index in [-0.39, 0.29) is 32.4 Å². The van der Waals surface area contributed by atoms with Crippen molar-refractivity contribution in [1.82, 2.24) is 40.0 Å². The van der Waals surface area contributed by atoms with Crippen LogP contribution in [0.3, 0.4) is 0 Å². The predicted molar refractivity (Wildman–Crippen MR) is 178 cm³/mol. The van der Waals surface area contributed by atoms with Crippen LogP contribution in [0, 0.1) is 5.41 Å². The van der Waals surface area contributed by atoms with Gasteiger partial charge < -0.3 is 15.8 Å². The minimum atomic E-state index is -4.86. The second-order valence-electron chi connectivity index (χ2n) is 13.6. The first-order chi connectivity index (χ1) is 25.7. The Kier molecular flexibility index (Phi) is 10.3. The third-order valence-electron chi connectivity index (χ3n) is 9.12. The summed E-state index contributed by atoms with van der Waals surface area (Å²) in [6, 6.07) is 8.03. The maximum atomic E-state index is 14.8. The number of aliphatic imine (C=N–C) groups is 1. The SMILES string of the molecule is CC(C)(C[C@]1(c2ccc(-c3cnn(C4CC4)n3)cc2)N=C(N)N([C@H](COC(=O)NCC(F)(F)F)c2ccc(Cl)c(-c3ncnn3C(F)F)c2)C1=O)C(F)(F)F. The van der Waals surface area contributed by atoms with Gasteiger partial charge >= 0.3 is 25.0 Å². The largest absolute Gasteiger partial charge is 0.447 e. The van der Waals surface area contributed by atoms with Gasteiger partial charge in [0.2, 0.25) is 0 Å². The topological polar surface area (TPSA) is 158 Å². The molecule has 4 aromatic rings. The quantitative estimate of drug-likeness (QED) is 0.146. The Balaban J connectivity index is 1.43. The smallest absolute Gasteiger partial charge is 0.407 e. The highest BCUT2D eigenvalue weighted by Crippen LogP contribution is 2.51. The van der Waals surface area contributed by atoms with E-state index in [1.807, 2.05) is 0 Å². The van der Waals surface area contributed by atoms with Crippen LogP contribution in [0.4, 0.5) is 39.9 Å². The second kappa shape index (κ2) is 14.4.